The maximum absolute atomic E-state index is 12.6. The summed E-state index contributed by atoms with van der Waals surface area (Å²) in [6, 6.07) is 2.93. The van der Waals surface area contributed by atoms with Gasteiger partial charge in [-0.1, -0.05) is 0 Å². The third-order valence-electron chi connectivity index (χ3n) is 4.04. The lowest BCUT2D eigenvalue weighted by Crippen LogP contribution is -2.44. The van der Waals surface area contributed by atoms with Gasteiger partial charge in [-0.25, -0.2) is 9.97 Å². The Bertz CT molecular complexity index is 805. The van der Waals surface area contributed by atoms with Gasteiger partial charge in [0.15, 0.2) is 5.82 Å². The Hall–Kier alpha value is -2.90. The third-order valence-corrected chi connectivity index (χ3v) is 4.04. The first-order valence-electron chi connectivity index (χ1n) is 8.17. The fourth-order valence-electron chi connectivity index (χ4n) is 2.84. The van der Waals surface area contributed by atoms with Gasteiger partial charge < -0.3 is 19.5 Å². The lowest BCUT2D eigenvalue weighted by molar-refractivity contribution is 0.0528. The first-order chi connectivity index (χ1) is 12.0. The second-order valence-electron chi connectivity index (χ2n) is 6.15. The summed E-state index contributed by atoms with van der Waals surface area (Å²) >= 11 is 0. The quantitative estimate of drug-likeness (QED) is 0.887. The number of aromatic amines is 1. The highest BCUT2D eigenvalue weighted by Crippen LogP contribution is 2.24. The molecular weight excluding hydrogens is 322 g/mol. The minimum Gasteiger partial charge on any atom is -0.470 e. The summed E-state index contributed by atoms with van der Waals surface area (Å²) in [5.74, 6) is 0.954. The first-order valence-corrected chi connectivity index (χ1v) is 8.17. The molecule has 132 valence electrons. The van der Waals surface area contributed by atoms with Gasteiger partial charge in [0.1, 0.15) is 6.10 Å². The number of carbonyl (C=O) groups is 1. The van der Waals surface area contributed by atoms with Gasteiger partial charge in [-0.15, -0.1) is 0 Å². The van der Waals surface area contributed by atoms with E-state index in [-0.39, 0.29) is 17.6 Å². The number of aromatic nitrogens is 3. The highest BCUT2D eigenvalue weighted by Gasteiger charge is 2.27. The van der Waals surface area contributed by atoms with E-state index in [1.807, 2.05) is 19.0 Å². The molecule has 2 aromatic heterocycles. The Kier molecular flexibility index (Phi) is 4.97. The number of carbonyl (C=O) groups excluding carboxylic acids is 1. The number of piperidine rings is 1. The standard InChI is InChI=1S/C17H21N5O3/c1-21(2)15-16(20-8-7-19-15)25-13-4-3-9-22(11-13)17(24)12-5-6-18-14(23)10-12/h5-8,10,13H,3-4,9,11H2,1-2H3,(H,18,23). The molecule has 1 aliphatic rings. The van der Waals surface area contributed by atoms with Gasteiger partial charge in [0.25, 0.3) is 11.8 Å². The van der Waals surface area contributed by atoms with Crippen LogP contribution >= 0.6 is 0 Å². The van der Waals surface area contributed by atoms with Gasteiger partial charge in [0.05, 0.1) is 6.54 Å². The highest BCUT2D eigenvalue weighted by atomic mass is 16.5. The maximum Gasteiger partial charge on any atom is 0.257 e. The largest absolute Gasteiger partial charge is 0.470 e. The average molecular weight is 343 g/mol. The first kappa shape index (κ1) is 16.9. The number of likely N-dealkylation sites (tertiary alicyclic amines) is 1. The molecule has 1 aliphatic heterocycles. The van der Waals surface area contributed by atoms with Crippen LogP contribution in [0.5, 0.6) is 5.88 Å². The monoisotopic (exact) mass is 343 g/mol. The van der Waals surface area contributed by atoms with Crippen molar-refractivity contribution in [3.63, 3.8) is 0 Å². The smallest absolute Gasteiger partial charge is 0.257 e. The predicted octanol–water partition coefficient (Wildman–Crippen LogP) is 0.914. The van der Waals surface area contributed by atoms with E-state index in [4.69, 9.17) is 4.74 Å². The van der Waals surface area contributed by atoms with Crippen LogP contribution in [0.1, 0.15) is 23.2 Å². The molecule has 2 aromatic rings. The molecule has 1 unspecified atom stereocenters. The lowest BCUT2D eigenvalue weighted by atomic mass is 10.1. The number of nitrogens with zero attached hydrogens (tertiary/aromatic N) is 4. The maximum atomic E-state index is 12.6. The van der Waals surface area contributed by atoms with E-state index >= 15 is 0 Å². The zero-order valence-corrected chi connectivity index (χ0v) is 14.3. The summed E-state index contributed by atoms with van der Waals surface area (Å²) in [6.45, 7) is 1.10. The molecule has 8 nitrogen and oxygen atoms in total. The third kappa shape index (κ3) is 3.96. The number of hydrogen-bond acceptors (Lipinski definition) is 6. The summed E-state index contributed by atoms with van der Waals surface area (Å²) in [4.78, 5) is 38.6. The Labute approximate surface area is 145 Å². The molecule has 3 heterocycles. The minimum absolute atomic E-state index is 0.157. The average Bonchev–Trinajstić information content (AvgIpc) is 2.61. The van der Waals surface area contributed by atoms with E-state index in [2.05, 4.69) is 15.0 Å². The Morgan fingerprint density at radius 2 is 2.16 bits per heavy atom. The van der Waals surface area contributed by atoms with E-state index in [0.717, 1.165) is 12.8 Å². The van der Waals surface area contributed by atoms with Crippen molar-refractivity contribution in [1.29, 1.82) is 0 Å². The van der Waals surface area contributed by atoms with Crippen LogP contribution in [0.4, 0.5) is 5.82 Å². The van der Waals surface area contributed by atoms with Crippen LogP contribution in [0.3, 0.4) is 0 Å². The molecule has 0 bridgehead atoms. The number of H-pyrrole nitrogens is 1. The molecule has 1 N–H and O–H groups in total. The van der Waals surface area contributed by atoms with Crippen molar-refractivity contribution in [2.24, 2.45) is 0 Å². The topological polar surface area (TPSA) is 91.4 Å². The number of amides is 1. The van der Waals surface area contributed by atoms with Gasteiger partial charge in [-0.05, 0) is 18.9 Å². The van der Waals surface area contributed by atoms with Gasteiger partial charge in [0.2, 0.25) is 5.56 Å². The van der Waals surface area contributed by atoms with Crippen LogP contribution in [0, 0.1) is 0 Å². The number of rotatable bonds is 4. The second kappa shape index (κ2) is 7.33. The minimum atomic E-state index is -0.286. The lowest BCUT2D eigenvalue weighted by Gasteiger charge is -2.33. The number of anilines is 1. The van der Waals surface area contributed by atoms with Crippen LogP contribution in [0.15, 0.2) is 35.5 Å². The summed E-state index contributed by atoms with van der Waals surface area (Å²) < 4.78 is 6.01. The fourth-order valence-corrected chi connectivity index (χ4v) is 2.84. The molecule has 0 saturated carbocycles. The molecule has 1 amide bonds. The Morgan fingerprint density at radius 3 is 2.92 bits per heavy atom. The molecule has 3 rings (SSSR count). The SMILES string of the molecule is CN(C)c1nccnc1OC1CCCN(C(=O)c2cc[nH]c(=O)c2)C1. The summed E-state index contributed by atoms with van der Waals surface area (Å²) in [5.41, 5.74) is 0.101. The van der Waals surface area contributed by atoms with Crippen molar-refractivity contribution in [3.05, 3.63) is 46.6 Å². The van der Waals surface area contributed by atoms with Gasteiger partial charge in [-0.2, -0.15) is 0 Å². The zero-order chi connectivity index (χ0) is 17.8. The fraction of sp³-hybridized carbons (Fsp3) is 0.412. The summed E-state index contributed by atoms with van der Waals surface area (Å²) in [6.07, 6.45) is 6.20. The Morgan fingerprint density at radius 1 is 1.36 bits per heavy atom. The van der Waals surface area contributed by atoms with Crippen molar-refractivity contribution in [3.8, 4) is 5.88 Å². The van der Waals surface area contributed by atoms with Crippen LogP contribution in [0.25, 0.3) is 0 Å². The van der Waals surface area contributed by atoms with Crippen molar-refractivity contribution < 1.29 is 9.53 Å². The predicted molar refractivity (Wildman–Crippen MR) is 93.0 cm³/mol. The van der Waals surface area contributed by atoms with E-state index in [1.54, 1.807) is 23.4 Å². The van der Waals surface area contributed by atoms with Crippen LogP contribution in [0.2, 0.25) is 0 Å². The van der Waals surface area contributed by atoms with E-state index in [9.17, 15) is 9.59 Å². The van der Waals surface area contributed by atoms with E-state index in [0.29, 0.717) is 30.4 Å². The number of pyridine rings is 1. The summed E-state index contributed by atoms with van der Waals surface area (Å²) in [7, 11) is 3.75. The second-order valence-corrected chi connectivity index (χ2v) is 6.15. The van der Waals surface area contributed by atoms with Crippen LogP contribution < -0.4 is 15.2 Å². The summed E-state index contributed by atoms with van der Waals surface area (Å²) in [5, 5.41) is 0. The van der Waals surface area contributed by atoms with Crippen molar-refractivity contribution >= 4 is 11.7 Å². The van der Waals surface area contributed by atoms with Crippen molar-refractivity contribution in [2.75, 3.05) is 32.1 Å². The molecule has 0 aromatic carbocycles. The molecule has 0 aliphatic carbocycles. The van der Waals surface area contributed by atoms with Crippen molar-refractivity contribution in [1.82, 2.24) is 19.9 Å². The van der Waals surface area contributed by atoms with Gasteiger partial charge >= 0.3 is 0 Å². The molecule has 8 heteroatoms. The normalized spacial score (nSPS) is 17.2. The number of ether oxygens (including phenoxy) is 1. The van der Waals surface area contributed by atoms with Crippen LogP contribution in [-0.4, -0.2) is 59.0 Å². The number of nitrogens with one attached hydrogen (secondary N) is 1. The van der Waals surface area contributed by atoms with Gasteiger partial charge in [-0.3, -0.25) is 9.59 Å². The van der Waals surface area contributed by atoms with E-state index in [1.165, 1.54) is 12.3 Å². The van der Waals surface area contributed by atoms with E-state index < -0.39 is 0 Å². The molecule has 0 spiro atoms. The molecular formula is C17H21N5O3. The van der Waals surface area contributed by atoms with Gasteiger partial charge in [0, 0.05) is 50.9 Å². The molecule has 25 heavy (non-hydrogen) atoms. The Balaban J connectivity index is 1.71. The molecule has 1 saturated heterocycles. The molecule has 0 radical (unpaired) electrons. The molecule has 1 atom stereocenters. The zero-order valence-electron chi connectivity index (χ0n) is 14.3. The number of hydrogen-bond donors (Lipinski definition) is 1. The highest BCUT2D eigenvalue weighted by molar-refractivity contribution is 5.94. The van der Waals surface area contributed by atoms with Crippen LogP contribution in [-0.2, 0) is 0 Å². The van der Waals surface area contributed by atoms with Crippen molar-refractivity contribution in [2.45, 2.75) is 18.9 Å². The molecule has 1 fully saturated rings.